The summed E-state index contributed by atoms with van der Waals surface area (Å²) in [4.78, 5) is 44.8. The number of piperidine rings is 1. The van der Waals surface area contributed by atoms with E-state index >= 15 is 0 Å². The molecule has 3 N–H and O–H groups in total. The lowest BCUT2D eigenvalue weighted by Crippen LogP contribution is -2.44. The number of hydrogen-bond donors (Lipinski definition) is 3. The van der Waals surface area contributed by atoms with Crippen LogP contribution >= 0.6 is 11.8 Å². The van der Waals surface area contributed by atoms with E-state index in [1.807, 2.05) is 19.1 Å². The summed E-state index contributed by atoms with van der Waals surface area (Å²) in [7, 11) is 2.05. The molecule has 0 aromatic heterocycles. The average molecular weight is 566 g/mol. The van der Waals surface area contributed by atoms with E-state index in [4.69, 9.17) is 0 Å². The summed E-state index contributed by atoms with van der Waals surface area (Å²) in [5.41, 5.74) is 1.26. The summed E-state index contributed by atoms with van der Waals surface area (Å²) in [6, 6.07) is 9.27. The lowest BCUT2D eigenvalue weighted by molar-refractivity contribution is -0.127. The van der Waals surface area contributed by atoms with Gasteiger partial charge in [-0.15, -0.1) is 0 Å². The fourth-order valence-electron chi connectivity index (χ4n) is 5.04. The summed E-state index contributed by atoms with van der Waals surface area (Å²) in [5, 5.41) is 19.0. The van der Waals surface area contributed by atoms with Crippen LogP contribution < -0.4 is 16.0 Å². The van der Waals surface area contributed by atoms with Gasteiger partial charge in [-0.3, -0.25) is 14.4 Å². The number of hydrogen-bond acceptors (Lipinski definition) is 8. The molecule has 0 bridgehead atoms. The molecule has 2 fully saturated rings. The second-order valence-corrected chi connectivity index (χ2v) is 11.5. The van der Waals surface area contributed by atoms with E-state index in [1.54, 1.807) is 18.2 Å². The Kier molecular flexibility index (Phi) is 10.5. The molecule has 0 saturated carbocycles. The molecule has 3 aliphatic rings. The van der Waals surface area contributed by atoms with Crippen molar-refractivity contribution >= 4 is 35.2 Å². The number of nitrogens with zero attached hydrogens (tertiary/aromatic N) is 4. The van der Waals surface area contributed by atoms with Crippen molar-refractivity contribution < 1.29 is 14.4 Å². The Morgan fingerprint density at radius 1 is 1.20 bits per heavy atom. The molecule has 11 heteroatoms. The second-order valence-electron chi connectivity index (χ2n) is 10.3. The highest BCUT2D eigenvalue weighted by molar-refractivity contribution is 8.04. The minimum Gasteiger partial charge on any atom is -0.383 e. The number of carbonyl (C=O) groups is 3. The fourth-order valence-corrected chi connectivity index (χ4v) is 6.31. The molecule has 40 heavy (non-hydrogen) atoms. The molecule has 1 aromatic rings. The third-order valence-corrected chi connectivity index (χ3v) is 8.69. The molecule has 1 atom stereocenters. The maximum atomic E-state index is 13.2. The number of thioether (sulfide) groups is 1. The number of likely N-dealkylation sites (tertiary alicyclic amines) is 1. The normalized spacial score (nSPS) is 20.9. The summed E-state index contributed by atoms with van der Waals surface area (Å²) >= 11 is 1.24. The molecule has 1 aromatic carbocycles. The monoisotopic (exact) mass is 565 g/mol. The molecule has 0 spiro atoms. The first-order chi connectivity index (χ1) is 19.4. The number of amides is 3. The van der Waals surface area contributed by atoms with Crippen molar-refractivity contribution in [2.24, 2.45) is 0 Å². The van der Waals surface area contributed by atoms with Gasteiger partial charge in [0, 0.05) is 50.0 Å². The van der Waals surface area contributed by atoms with Gasteiger partial charge in [0.2, 0.25) is 5.91 Å². The fraction of sp³-hybridized carbons (Fsp3) is 0.517. The lowest BCUT2D eigenvalue weighted by atomic mass is 10.1. The van der Waals surface area contributed by atoms with Crippen LogP contribution in [-0.2, 0) is 9.59 Å². The van der Waals surface area contributed by atoms with Crippen LogP contribution in [0.1, 0.15) is 43.0 Å². The molecule has 0 unspecified atom stereocenters. The Morgan fingerprint density at radius 3 is 2.70 bits per heavy atom. The van der Waals surface area contributed by atoms with E-state index in [0.29, 0.717) is 30.2 Å². The Balaban J connectivity index is 1.32. The molecule has 0 aliphatic carbocycles. The van der Waals surface area contributed by atoms with Crippen molar-refractivity contribution in [3.8, 4) is 6.07 Å². The van der Waals surface area contributed by atoms with Crippen molar-refractivity contribution in [2.75, 3.05) is 58.2 Å². The van der Waals surface area contributed by atoms with E-state index in [2.05, 4.69) is 45.1 Å². The number of nitrogens with one attached hydrogen (secondary N) is 3. The van der Waals surface area contributed by atoms with E-state index in [9.17, 15) is 19.6 Å². The van der Waals surface area contributed by atoms with Crippen molar-refractivity contribution in [1.29, 1.82) is 5.26 Å². The maximum Gasteiger partial charge on any atom is 0.264 e. The molecule has 214 valence electrons. The first-order valence-electron chi connectivity index (χ1n) is 14.0. The van der Waals surface area contributed by atoms with Crippen LogP contribution in [0.15, 0.2) is 47.1 Å². The van der Waals surface area contributed by atoms with Crippen LogP contribution in [0.25, 0.3) is 0 Å². The summed E-state index contributed by atoms with van der Waals surface area (Å²) < 4.78 is 0. The predicted octanol–water partition coefficient (Wildman–Crippen LogP) is 2.35. The van der Waals surface area contributed by atoms with Crippen LogP contribution in [0.4, 0.5) is 5.69 Å². The summed E-state index contributed by atoms with van der Waals surface area (Å²) in [5.74, 6) is -0.699. The average Bonchev–Trinajstić information content (AvgIpc) is 3.59. The van der Waals surface area contributed by atoms with E-state index in [0.717, 1.165) is 57.5 Å². The van der Waals surface area contributed by atoms with Gasteiger partial charge in [-0.25, -0.2) is 0 Å². The zero-order valence-electron chi connectivity index (χ0n) is 23.3. The molecule has 2 saturated heterocycles. The highest BCUT2D eigenvalue weighted by Gasteiger charge is 2.39. The highest BCUT2D eigenvalue weighted by Crippen LogP contribution is 2.37. The first-order valence-corrected chi connectivity index (χ1v) is 14.9. The molecule has 0 radical (unpaired) electrons. The van der Waals surface area contributed by atoms with Crippen LogP contribution in [0.2, 0.25) is 0 Å². The molecule has 3 aliphatic heterocycles. The van der Waals surface area contributed by atoms with Gasteiger partial charge in [-0.1, -0.05) is 23.9 Å². The predicted molar refractivity (Wildman–Crippen MR) is 157 cm³/mol. The standard InChI is InChI=1S/C29H39N7O3S/c1-3-36-28(39)25(40-29(36)24(19-30)27(38)33-22-10-16-34(2)17-11-22)20-32-23-9-6-8-21(18-23)26(37)31-12-7-15-35-13-4-5-14-35/h4,6,8-9,13,18,22,25,32H,3,5,7,10-12,14-17,20H2,1-2H3,(H,31,37)(H,33,38)/b29-24-/t25-/m1/s1. The van der Waals surface area contributed by atoms with Gasteiger partial charge in [0.1, 0.15) is 21.9 Å². The van der Waals surface area contributed by atoms with E-state index in [1.165, 1.54) is 16.7 Å². The smallest absolute Gasteiger partial charge is 0.264 e. The van der Waals surface area contributed by atoms with Crippen molar-refractivity contribution in [3.05, 3.63) is 52.7 Å². The van der Waals surface area contributed by atoms with Crippen LogP contribution in [-0.4, -0.2) is 96.6 Å². The first kappa shape index (κ1) is 29.5. The summed E-state index contributed by atoms with van der Waals surface area (Å²) in [6.45, 7) is 6.85. The quantitative estimate of drug-likeness (QED) is 0.213. The molecule has 4 rings (SSSR count). The van der Waals surface area contributed by atoms with E-state index in [-0.39, 0.29) is 23.4 Å². The van der Waals surface area contributed by atoms with Gasteiger partial charge < -0.3 is 30.7 Å². The van der Waals surface area contributed by atoms with Crippen LogP contribution in [0, 0.1) is 11.3 Å². The lowest BCUT2D eigenvalue weighted by Gasteiger charge is -2.29. The Bertz CT molecular complexity index is 1190. The van der Waals surface area contributed by atoms with Gasteiger partial charge in [0.05, 0.1) is 0 Å². The second kappa shape index (κ2) is 14.2. The van der Waals surface area contributed by atoms with E-state index < -0.39 is 11.2 Å². The highest BCUT2D eigenvalue weighted by atomic mass is 32.2. The van der Waals surface area contributed by atoms with Crippen LogP contribution in [0.3, 0.4) is 0 Å². The number of benzene rings is 1. The molecule has 10 nitrogen and oxygen atoms in total. The Hall–Kier alpha value is -3.49. The van der Waals surface area contributed by atoms with Crippen molar-refractivity contribution in [3.63, 3.8) is 0 Å². The van der Waals surface area contributed by atoms with Gasteiger partial charge >= 0.3 is 0 Å². The minimum absolute atomic E-state index is 0.0129. The molecule has 3 amide bonds. The third-order valence-electron chi connectivity index (χ3n) is 7.39. The summed E-state index contributed by atoms with van der Waals surface area (Å²) in [6.07, 6.45) is 7.88. The largest absolute Gasteiger partial charge is 0.383 e. The minimum atomic E-state index is -0.494. The molecule has 3 heterocycles. The number of carbonyl (C=O) groups excluding carboxylic acids is 3. The van der Waals surface area contributed by atoms with Gasteiger partial charge in [0.15, 0.2) is 0 Å². The maximum absolute atomic E-state index is 13.2. The number of nitriles is 1. The molecular weight excluding hydrogens is 526 g/mol. The van der Waals surface area contributed by atoms with Crippen molar-refractivity contribution in [1.82, 2.24) is 25.3 Å². The zero-order chi connectivity index (χ0) is 28.5. The van der Waals surface area contributed by atoms with Crippen molar-refractivity contribution in [2.45, 2.75) is 43.9 Å². The van der Waals surface area contributed by atoms with Gasteiger partial charge in [-0.05, 0) is 77.1 Å². The van der Waals surface area contributed by atoms with Gasteiger partial charge in [-0.2, -0.15) is 5.26 Å². The zero-order valence-corrected chi connectivity index (χ0v) is 24.1. The van der Waals surface area contributed by atoms with Crippen LogP contribution in [0.5, 0.6) is 0 Å². The molecular formula is C29H39N7O3S. The SMILES string of the molecule is CCN1C(=O)[C@@H](CNc2cccc(C(=O)NCCCN3C=CCC3)c2)S/C1=C(/C#N)C(=O)NC1CCN(C)CC1. The Labute approximate surface area is 240 Å². The number of rotatable bonds is 11. The number of anilines is 1. The topological polar surface area (TPSA) is 121 Å². The third kappa shape index (κ3) is 7.58. The Morgan fingerprint density at radius 2 is 2.00 bits per heavy atom. The van der Waals surface area contributed by atoms with Gasteiger partial charge in [0.25, 0.3) is 11.8 Å².